The first kappa shape index (κ1) is 22.8. The van der Waals surface area contributed by atoms with Crippen LogP contribution in [0.1, 0.15) is 70.8 Å². The second kappa shape index (κ2) is 7.49. The van der Waals surface area contributed by atoms with Gasteiger partial charge in [0.2, 0.25) is 0 Å². The number of carbonyl (C=O) groups excluding carboxylic acids is 2. The molecule has 2 bridgehead atoms. The monoisotopic (exact) mass is 454 g/mol. The van der Waals surface area contributed by atoms with Gasteiger partial charge < -0.3 is 9.84 Å². The van der Waals surface area contributed by atoms with E-state index in [-0.39, 0.29) is 41.4 Å². The largest absolute Gasteiger partial charge is 0.465 e. The predicted octanol–water partition coefficient (Wildman–Crippen LogP) is 5.17. The molecule has 4 aliphatic carbocycles. The quantitative estimate of drug-likeness (QED) is 0.503. The van der Waals surface area contributed by atoms with E-state index in [9.17, 15) is 19.1 Å². The lowest BCUT2D eigenvalue weighted by Crippen LogP contribution is -2.60. The molecular weight excluding hydrogens is 419 g/mol. The second-order valence-corrected chi connectivity index (χ2v) is 11.6. The standard InChI is InChI=1S/C28H35FO4/c1-18-23(30)27-14-9-21-25(2,22(27)10-15-28(18,32)17-27)12-4-13-26(21,3)24(31)33-16-11-19-5-7-20(29)8-6-19/h5-8,21-22,32H,1,4,9-17H2,2-3H3/t21-,22-,25+,26+,27+,28-/m0/s1. The summed E-state index contributed by atoms with van der Waals surface area (Å²) in [5.41, 5.74) is -0.913. The number of aliphatic hydroxyl groups is 1. The van der Waals surface area contributed by atoms with Gasteiger partial charge in [-0.3, -0.25) is 9.59 Å². The number of rotatable bonds is 4. The van der Waals surface area contributed by atoms with Crippen LogP contribution in [0.15, 0.2) is 36.4 Å². The zero-order chi connectivity index (χ0) is 23.6. The number of fused-ring (bicyclic) bond motifs is 3. The number of hydrogen-bond donors (Lipinski definition) is 1. The molecule has 1 N–H and O–H groups in total. The highest BCUT2D eigenvalue weighted by atomic mass is 19.1. The van der Waals surface area contributed by atoms with Crippen molar-refractivity contribution < 1.29 is 23.8 Å². The maximum atomic E-state index is 13.4. The minimum absolute atomic E-state index is 0.0707. The highest BCUT2D eigenvalue weighted by Crippen LogP contribution is 2.71. The van der Waals surface area contributed by atoms with E-state index in [1.165, 1.54) is 12.1 Å². The van der Waals surface area contributed by atoms with Gasteiger partial charge in [0.1, 0.15) is 5.82 Å². The summed E-state index contributed by atoms with van der Waals surface area (Å²) in [5.74, 6) is -0.0273. The number of hydrogen-bond acceptors (Lipinski definition) is 4. The van der Waals surface area contributed by atoms with Crippen molar-refractivity contribution in [2.45, 2.75) is 77.2 Å². The topological polar surface area (TPSA) is 63.6 Å². The zero-order valence-electron chi connectivity index (χ0n) is 19.8. The number of benzene rings is 1. The summed E-state index contributed by atoms with van der Waals surface area (Å²) in [6.45, 7) is 8.61. The number of halogens is 1. The van der Waals surface area contributed by atoms with Gasteiger partial charge in [0.25, 0.3) is 0 Å². The molecular formula is C28H35FO4. The van der Waals surface area contributed by atoms with Crippen LogP contribution in [0, 0.1) is 33.9 Å². The minimum Gasteiger partial charge on any atom is -0.465 e. The lowest BCUT2D eigenvalue weighted by Gasteiger charge is -2.63. The van der Waals surface area contributed by atoms with Gasteiger partial charge >= 0.3 is 5.97 Å². The second-order valence-electron chi connectivity index (χ2n) is 11.6. The summed E-state index contributed by atoms with van der Waals surface area (Å²) in [4.78, 5) is 26.8. The van der Waals surface area contributed by atoms with Crippen LogP contribution in [-0.4, -0.2) is 29.1 Å². The van der Waals surface area contributed by atoms with E-state index < -0.39 is 16.4 Å². The molecule has 4 nitrogen and oxygen atoms in total. The van der Waals surface area contributed by atoms with Crippen LogP contribution < -0.4 is 0 Å². The molecule has 4 fully saturated rings. The molecule has 0 unspecified atom stereocenters. The van der Waals surface area contributed by atoms with Crippen LogP contribution >= 0.6 is 0 Å². The fraction of sp³-hybridized carbons (Fsp3) is 0.643. The summed E-state index contributed by atoms with van der Waals surface area (Å²) >= 11 is 0. The lowest BCUT2D eigenvalue weighted by atomic mass is 9.40. The Labute approximate surface area is 195 Å². The van der Waals surface area contributed by atoms with Crippen LogP contribution in [0.2, 0.25) is 0 Å². The third kappa shape index (κ3) is 3.18. The SMILES string of the molecule is C=C1C(=O)[C@@]23CC[C@H]4[C@@](C)(CCC[C@@]4(C)C(=O)OCCc4ccc(F)cc4)[C@@H]2CC[C@]1(O)C3. The molecule has 178 valence electrons. The first-order valence-electron chi connectivity index (χ1n) is 12.4. The molecule has 4 saturated carbocycles. The van der Waals surface area contributed by atoms with E-state index in [1.807, 2.05) is 0 Å². The fourth-order valence-electron chi connectivity index (χ4n) is 8.44. The Kier molecular flexibility index (Phi) is 5.17. The number of Topliss-reactive ketones (excluding diaryl/α,β-unsaturated/α-hetero) is 1. The molecule has 0 aromatic heterocycles. The van der Waals surface area contributed by atoms with Gasteiger partial charge in [0.15, 0.2) is 5.78 Å². The number of carbonyl (C=O) groups is 2. The van der Waals surface area contributed by atoms with Crippen LogP contribution in [-0.2, 0) is 20.7 Å². The first-order chi connectivity index (χ1) is 15.6. The number of ketones is 1. The van der Waals surface area contributed by atoms with Crippen molar-refractivity contribution in [2.75, 3.05) is 6.61 Å². The summed E-state index contributed by atoms with van der Waals surface area (Å²) in [7, 11) is 0. The van der Waals surface area contributed by atoms with E-state index in [0.717, 1.165) is 44.1 Å². The third-order valence-electron chi connectivity index (χ3n) is 10.1. The lowest BCUT2D eigenvalue weighted by molar-refractivity contribution is -0.191. The molecule has 0 radical (unpaired) electrons. The van der Waals surface area contributed by atoms with Gasteiger partial charge in [-0.25, -0.2) is 4.39 Å². The Bertz CT molecular complexity index is 1000. The molecule has 0 amide bonds. The van der Waals surface area contributed by atoms with Gasteiger partial charge in [0, 0.05) is 17.4 Å². The van der Waals surface area contributed by atoms with Crippen molar-refractivity contribution >= 4 is 11.8 Å². The molecule has 1 spiro atoms. The highest BCUT2D eigenvalue weighted by molar-refractivity contribution is 6.04. The average Bonchev–Trinajstić information content (AvgIpc) is 2.91. The third-order valence-corrected chi connectivity index (χ3v) is 10.1. The molecule has 4 aliphatic rings. The molecule has 1 aromatic carbocycles. The van der Waals surface area contributed by atoms with Gasteiger partial charge in [-0.2, -0.15) is 0 Å². The molecule has 0 heterocycles. The van der Waals surface area contributed by atoms with Crippen LogP contribution in [0.3, 0.4) is 0 Å². The van der Waals surface area contributed by atoms with Crippen LogP contribution in [0.25, 0.3) is 0 Å². The van der Waals surface area contributed by atoms with Crippen LogP contribution in [0.5, 0.6) is 0 Å². The molecule has 1 aromatic rings. The minimum atomic E-state index is -1.03. The van der Waals surface area contributed by atoms with Crippen LogP contribution in [0.4, 0.5) is 4.39 Å². The van der Waals surface area contributed by atoms with E-state index in [0.29, 0.717) is 24.8 Å². The predicted molar refractivity (Wildman–Crippen MR) is 123 cm³/mol. The van der Waals surface area contributed by atoms with Gasteiger partial charge in [-0.1, -0.05) is 32.1 Å². The highest BCUT2D eigenvalue weighted by Gasteiger charge is 2.71. The Balaban J connectivity index is 1.35. The van der Waals surface area contributed by atoms with Crippen molar-refractivity contribution in [1.29, 1.82) is 0 Å². The number of ether oxygens (including phenoxy) is 1. The Morgan fingerprint density at radius 2 is 1.82 bits per heavy atom. The zero-order valence-corrected chi connectivity index (χ0v) is 19.8. The molecule has 5 rings (SSSR count). The summed E-state index contributed by atoms with van der Waals surface area (Å²) in [5, 5.41) is 11.1. The van der Waals surface area contributed by atoms with Crippen molar-refractivity contribution in [2.24, 2.45) is 28.1 Å². The van der Waals surface area contributed by atoms with Crippen molar-refractivity contribution in [3.8, 4) is 0 Å². The molecule has 6 atom stereocenters. The van der Waals surface area contributed by atoms with E-state index >= 15 is 0 Å². The summed E-state index contributed by atoms with van der Waals surface area (Å²) in [6, 6.07) is 6.29. The maximum Gasteiger partial charge on any atom is 0.312 e. The van der Waals surface area contributed by atoms with E-state index in [1.54, 1.807) is 12.1 Å². The smallest absolute Gasteiger partial charge is 0.312 e. The average molecular weight is 455 g/mol. The first-order valence-corrected chi connectivity index (χ1v) is 12.4. The van der Waals surface area contributed by atoms with Gasteiger partial charge in [-0.05, 0) is 86.8 Å². The molecule has 5 heteroatoms. The fourth-order valence-corrected chi connectivity index (χ4v) is 8.44. The van der Waals surface area contributed by atoms with Crippen molar-refractivity contribution in [3.63, 3.8) is 0 Å². The maximum absolute atomic E-state index is 13.4. The molecule has 0 aliphatic heterocycles. The summed E-state index contributed by atoms with van der Waals surface area (Å²) < 4.78 is 18.9. The van der Waals surface area contributed by atoms with Crippen molar-refractivity contribution in [3.05, 3.63) is 47.8 Å². The molecule has 0 saturated heterocycles. The Hall–Kier alpha value is -2.01. The van der Waals surface area contributed by atoms with Crippen molar-refractivity contribution in [1.82, 2.24) is 0 Å². The Morgan fingerprint density at radius 3 is 2.55 bits per heavy atom. The normalized spacial score (nSPS) is 41.9. The summed E-state index contributed by atoms with van der Waals surface area (Å²) in [6.07, 6.45) is 6.71. The Morgan fingerprint density at radius 1 is 1.12 bits per heavy atom. The van der Waals surface area contributed by atoms with Gasteiger partial charge in [-0.15, -0.1) is 0 Å². The number of esters is 1. The van der Waals surface area contributed by atoms with E-state index in [4.69, 9.17) is 4.74 Å². The molecule has 33 heavy (non-hydrogen) atoms. The van der Waals surface area contributed by atoms with E-state index in [2.05, 4.69) is 20.4 Å². The van der Waals surface area contributed by atoms with Gasteiger partial charge in [0.05, 0.1) is 17.6 Å².